The first-order valence-corrected chi connectivity index (χ1v) is 8.21. The molecule has 0 aromatic heterocycles. The Balaban J connectivity index is 1.83. The molecule has 2 heteroatoms. The van der Waals surface area contributed by atoms with Crippen LogP contribution in [0.25, 0.3) is 0 Å². The molecular weight excluding hydrogens is 270 g/mol. The summed E-state index contributed by atoms with van der Waals surface area (Å²) < 4.78 is 0. The van der Waals surface area contributed by atoms with Crippen LogP contribution in [0.2, 0.25) is 0 Å². The monoisotopic (exact) mass is 294 g/mol. The Morgan fingerprint density at radius 1 is 1.05 bits per heavy atom. The van der Waals surface area contributed by atoms with Crippen LogP contribution in [0.4, 0.5) is 0 Å². The number of quaternary nitrogens is 1. The predicted molar refractivity (Wildman–Crippen MR) is 89.2 cm³/mol. The Kier molecular flexibility index (Phi) is 4.69. The van der Waals surface area contributed by atoms with Gasteiger partial charge in [0.15, 0.2) is 6.04 Å². The predicted octanol–water partition coefficient (Wildman–Crippen LogP) is 2.41. The number of Topliss-reactive ketones (excluding diaryl/α,β-unsaturated/α-hetero) is 1. The minimum absolute atomic E-state index is 0.0800. The van der Waals surface area contributed by atoms with Crippen molar-refractivity contribution >= 4 is 5.78 Å². The zero-order valence-electron chi connectivity index (χ0n) is 13.2. The Morgan fingerprint density at radius 2 is 1.68 bits per heavy atom. The van der Waals surface area contributed by atoms with Gasteiger partial charge in [0.05, 0.1) is 13.6 Å². The summed E-state index contributed by atoms with van der Waals surface area (Å²) in [4.78, 5) is 14.4. The molecule has 3 atom stereocenters. The number of rotatable bonds is 4. The quantitative estimate of drug-likeness (QED) is 0.859. The van der Waals surface area contributed by atoms with Crippen LogP contribution in [-0.2, 0) is 6.42 Å². The molecule has 114 valence electrons. The SMILES string of the molecule is C[NH+]1CCCC(Cc2ccccc2)C1C(=O)c1ccccc1. The summed E-state index contributed by atoms with van der Waals surface area (Å²) in [6, 6.07) is 20.4. The molecule has 0 radical (unpaired) electrons. The average molecular weight is 294 g/mol. The number of hydrogen-bond donors (Lipinski definition) is 1. The van der Waals surface area contributed by atoms with Crippen molar-refractivity contribution in [1.82, 2.24) is 0 Å². The Hall–Kier alpha value is -1.93. The summed E-state index contributed by atoms with van der Waals surface area (Å²) in [7, 11) is 2.17. The number of carbonyl (C=O) groups excluding carboxylic acids is 1. The second-order valence-electron chi connectivity index (χ2n) is 6.40. The van der Waals surface area contributed by atoms with Crippen LogP contribution in [0.1, 0.15) is 28.8 Å². The first-order valence-electron chi connectivity index (χ1n) is 8.21. The third-order valence-corrected chi connectivity index (χ3v) is 4.83. The van der Waals surface area contributed by atoms with Gasteiger partial charge in [0.2, 0.25) is 5.78 Å². The molecule has 1 heterocycles. The molecule has 1 saturated heterocycles. The van der Waals surface area contributed by atoms with E-state index in [-0.39, 0.29) is 6.04 Å². The van der Waals surface area contributed by atoms with Crippen LogP contribution in [0.15, 0.2) is 60.7 Å². The van der Waals surface area contributed by atoms with E-state index in [2.05, 4.69) is 31.3 Å². The van der Waals surface area contributed by atoms with E-state index in [9.17, 15) is 4.79 Å². The van der Waals surface area contributed by atoms with Crippen LogP contribution < -0.4 is 4.90 Å². The van der Waals surface area contributed by atoms with E-state index in [1.807, 2.05) is 36.4 Å². The highest BCUT2D eigenvalue weighted by Gasteiger charge is 2.38. The highest BCUT2D eigenvalue weighted by atomic mass is 16.1. The van der Waals surface area contributed by atoms with Gasteiger partial charge < -0.3 is 4.90 Å². The van der Waals surface area contributed by atoms with Crippen molar-refractivity contribution in [3.8, 4) is 0 Å². The van der Waals surface area contributed by atoms with Gasteiger partial charge in [-0.2, -0.15) is 0 Å². The van der Waals surface area contributed by atoms with Crippen LogP contribution >= 0.6 is 0 Å². The summed E-state index contributed by atoms with van der Waals surface area (Å²) in [5.74, 6) is 0.739. The van der Waals surface area contributed by atoms with E-state index in [1.54, 1.807) is 0 Å². The fourth-order valence-electron chi connectivity index (χ4n) is 3.72. The highest BCUT2D eigenvalue weighted by Crippen LogP contribution is 2.21. The largest absolute Gasteiger partial charge is 0.328 e. The molecule has 2 aromatic carbocycles. The molecule has 3 rings (SSSR count). The molecule has 0 saturated carbocycles. The fraction of sp³-hybridized carbons (Fsp3) is 0.350. The third kappa shape index (κ3) is 3.28. The molecule has 0 aliphatic carbocycles. The van der Waals surface area contributed by atoms with E-state index in [4.69, 9.17) is 0 Å². The number of nitrogens with one attached hydrogen (secondary N) is 1. The van der Waals surface area contributed by atoms with Gasteiger partial charge in [0, 0.05) is 11.5 Å². The molecule has 3 unspecified atom stereocenters. The lowest BCUT2D eigenvalue weighted by molar-refractivity contribution is -0.905. The minimum Gasteiger partial charge on any atom is -0.328 e. The molecule has 1 fully saturated rings. The lowest BCUT2D eigenvalue weighted by Crippen LogP contribution is -3.16. The minimum atomic E-state index is 0.0800. The van der Waals surface area contributed by atoms with Gasteiger partial charge in [-0.3, -0.25) is 4.79 Å². The number of likely N-dealkylation sites (N-methyl/N-ethyl adjacent to an activating group) is 1. The zero-order valence-corrected chi connectivity index (χ0v) is 13.2. The molecule has 2 aromatic rings. The molecule has 22 heavy (non-hydrogen) atoms. The van der Waals surface area contributed by atoms with Crippen molar-refractivity contribution in [2.24, 2.45) is 5.92 Å². The van der Waals surface area contributed by atoms with Gasteiger partial charge in [-0.05, 0) is 24.8 Å². The Labute approximate surface area is 132 Å². The van der Waals surface area contributed by atoms with Crippen molar-refractivity contribution in [3.05, 3.63) is 71.8 Å². The maximum atomic E-state index is 13.0. The molecule has 1 aliphatic rings. The molecule has 0 spiro atoms. The van der Waals surface area contributed by atoms with Gasteiger partial charge in [0.1, 0.15) is 0 Å². The first kappa shape index (κ1) is 15.0. The van der Waals surface area contributed by atoms with E-state index >= 15 is 0 Å². The molecule has 1 aliphatic heterocycles. The molecule has 0 bridgehead atoms. The van der Waals surface area contributed by atoms with E-state index in [0.717, 1.165) is 24.9 Å². The molecule has 0 amide bonds. The van der Waals surface area contributed by atoms with Crippen LogP contribution in [0.3, 0.4) is 0 Å². The maximum Gasteiger partial charge on any atom is 0.220 e. The summed E-state index contributed by atoms with van der Waals surface area (Å²) in [5, 5.41) is 0. The van der Waals surface area contributed by atoms with Crippen molar-refractivity contribution in [2.75, 3.05) is 13.6 Å². The number of likely N-dealkylation sites (tertiary alicyclic amines) is 1. The van der Waals surface area contributed by atoms with Gasteiger partial charge >= 0.3 is 0 Å². The standard InChI is InChI=1S/C20H23NO/c1-21-14-8-13-18(15-16-9-4-2-5-10-16)19(21)20(22)17-11-6-3-7-12-17/h2-7,9-12,18-19H,8,13-15H2,1H3/p+1. The number of carbonyl (C=O) groups is 1. The third-order valence-electron chi connectivity index (χ3n) is 4.83. The van der Waals surface area contributed by atoms with E-state index in [1.165, 1.54) is 16.9 Å². The molecular formula is C20H24NO+. The van der Waals surface area contributed by atoms with E-state index in [0.29, 0.717) is 11.7 Å². The average Bonchev–Trinajstić information content (AvgIpc) is 2.56. The Morgan fingerprint density at radius 3 is 2.36 bits per heavy atom. The first-order chi connectivity index (χ1) is 10.8. The zero-order chi connectivity index (χ0) is 15.4. The summed E-state index contributed by atoms with van der Waals surface area (Å²) in [5.41, 5.74) is 2.19. The summed E-state index contributed by atoms with van der Waals surface area (Å²) in [6.07, 6.45) is 3.36. The van der Waals surface area contributed by atoms with Crippen LogP contribution in [0, 0.1) is 5.92 Å². The van der Waals surface area contributed by atoms with E-state index < -0.39 is 0 Å². The lowest BCUT2D eigenvalue weighted by Gasteiger charge is -2.35. The topological polar surface area (TPSA) is 21.5 Å². The number of ketones is 1. The smallest absolute Gasteiger partial charge is 0.220 e. The van der Waals surface area contributed by atoms with Crippen molar-refractivity contribution in [2.45, 2.75) is 25.3 Å². The molecule has 1 N–H and O–H groups in total. The Bertz CT molecular complexity index is 608. The summed E-state index contributed by atoms with van der Waals surface area (Å²) >= 11 is 0. The van der Waals surface area contributed by atoms with Crippen molar-refractivity contribution in [1.29, 1.82) is 0 Å². The maximum absolute atomic E-state index is 13.0. The normalized spacial score (nSPS) is 24.9. The number of benzene rings is 2. The highest BCUT2D eigenvalue weighted by molar-refractivity contribution is 5.99. The van der Waals surface area contributed by atoms with Crippen molar-refractivity contribution in [3.63, 3.8) is 0 Å². The second-order valence-corrected chi connectivity index (χ2v) is 6.40. The number of piperidine rings is 1. The number of hydrogen-bond acceptors (Lipinski definition) is 1. The fourth-order valence-corrected chi connectivity index (χ4v) is 3.72. The van der Waals surface area contributed by atoms with Crippen molar-refractivity contribution < 1.29 is 9.69 Å². The van der Waals surface area contributed by atoms with Gasteiger partial charge in [0.25, 0.3) is 0 Å². The molecule has 2 nitrogen and oxygen atoms in total. The van der Waals surface area contributed by atoms with Crippen LogP contribution in [0.5, 0.6) is 0 Å². The second kappa shape index (κ2) is 6.89. The van der Waals surface area contributed by atoms with Crippen LogP contribution in [-0.4, -0.2) is 25.4 Å². The summed E-state index contributed by atoms with van der Waals surface area (Å²) in [6.45, 7) is 1.09. The van der Waals surface area contributed by atoms with Gasteiger partial charge in [-0.1, -0.05) is 60.7 Å². The van der Waals surface area contributed by atoms with Gasteiger partial charge in [-0.25, -0.2) is 0 Å². The lowest BCUT2D eigenvalue weighted by atomic mass is 9.81. The van der Waals surface area contributed by atoms with Gasteiger partial charge in [-0.15, -0.1) is 0 Å².